The van der Waals surface area contributed by atoms with E-state index in [-0.39, 0.29) is 0 Å². The van der Waals surface area contributed by atoms with Gasteiger partial charge >= 0.3 is 0 Å². The maximum Gasteiger partial charge on any atom is 0.107 e. The predicted octanol–water partition coefficient (Wildman–Crippen LogP) is 3.01. The number of rotatable bonds is 4. The molecule has 1 aromatic carbocycles. The van der Waals surface area contributed by atoms with Crippen molar-refractivity contribution in [1.82, 2.24) is 4.98 Å². The molecule has 0 fully saturated rings. The zero-order chi connectivity index (χ0) is 13.8. The topological polar surface area (TPSA) is 42.2 Å². The molecule has 2 N–H and O–H groups in total. The van der Waals surface area contributed by atoms with Crippen molar-refractivity contribution < 1.29 is 0 Å². The second kappa shape index (κ2) is 5.99. The van der Waals surface area contributed by atoms with Gasteiger partial charge in [-0.1, -0.05) is 29.9 Å². The van der Waals surface area contributed by atoms with Gasteiger partial charge in [0.2, 0.25) is 0 Å². The van der Waals surface area contributed by atoms with Crippen molar-refractivity contribution in [3.63, 3.8) is 0 Å². The van der Waals surface area contributed by atoms with Crippen molar-refractivity contribution in [1.29, 1.82) is 0 Å². The Morgan fingerprint density at radius 3 is 2.63 bits per heavy atom. The summed E-state index contributed by atoms with van der Waals surface area (Å²) in [6, 6.07) is 9.59. The quantitative estimate of drug-likeness (QED) is 0.880. The lowest BCUT2D eigenvalue weighted by Crippen LogP contribution is -2.21. The SMILES string of the molecule is CN(Cc1ccncc1)c1cccc(Cl)c1C(N)=S. The first-order chi connectivity index (χ1) is 9.09. The molecule has 19 heavy (non-hydrogen) atoms. The minimum absolute atomic E-state index is 0.308. The van der Waals surface area contributed by atoms with E-state index in [4.69, 9.17) is 29.6 Å². The van der Waals surface area contributed by atoms with E-state index in [0.717, 1.165) is 23.4 Å². The largest absolute Gasteiger partial charge is 0.389 e. The summed E-state index contributed by atoms with van der Waals surface area (Å²) in [5.41, 5.74) is 8.56. The van der Waals surface area contributed by atoms with Crippen LogP contribution in [0.1, 0.15) is 11.1 Å². The molecule has 0 amide bonds. The third kappa shape index (κ3) is 3.22. The van der Waals surface area contributed by atoms with Crippen molar-refractivity contribution in [2.24, 2.45) is 5.73 Å². The van der Waals surface area contributed by atoms with Crippen LogP contribution in [0, 0.1) is 0 Å². The standard InChI is InChI=1S/C14H14ClN3S/c1-18(9-10-5-7-17-8-6-10)12-4-2-3-11(15)13(12)14(16)19/h2-8H,9H2,1H3,(H2,16,19). The first kappa shape index (κ1) is 13.8. The van der Waals surface area contributed by atoms with Gasteiger partial charge in [-0.05, 0) is 29.8 Å². The molecule has 0 aliphatic carbocycles. The molecular weight excluding hydrogens is 278 g/mol. The number of thiocarbonyl (C=S) groups is 1. The molecule has 0 aliphatic heterocycles. The maximum atomic E-state index is 6.17. The number of pyridine rings is 1. The number of anilines is 1. The molecule has 0 spiro atoms. The lowest BCUT2D eigenvalue weighted by atomic mass is 10.1. The van der Waals surface area contributed by atoms with Gasteiger partial charge in [-0.25, -0.2) is 0 Å². The van der Waals surface area contributed by atoms with Crippen LogP contribution in [0.3, 0.4) is 0 Å². The average Bonchev–Trinajstić information content (AvgIpc) is 2.39. The fourth-order valence-corrected chi connectivity index (χ4v) is 2.46. The van der Waals surface area contributed by atoms with Gasteiger partial charge in [0.25, 0.3) is 0 Å². The van der Waals surface area contributed by atoms with Crippen LogP contribution in [0.5, 0.6) is 0 Å². The van der Waals surface area contributed by atoms with Gasteiger partial charge in [-0.3, -0.25) is 4.98 Å². The summed E-state index contributed by atoms with van der Waals surface area (Å²) in [7, 11) is 1.98. The fraction of sp³-hybridized carbons (Fsp3) is 0.143. The van der Waals surface area contributed by atoms with Gasteiger partial charge in [0.1, 0.15) is 4.99 Å². The summed E-state index contributed by atoms with van der Waals surface area (Å²) < 4.78 is 0. The molecule has 2 rings (SSSR count). The number of halogens is 1. The molecule has 98 valence electrons. The van der Waals surface area contributed by atoms with Crippen molar-refractivity contribution in [2.45, 2.75) is 6.54 Å². The van der Waals surface area contributed by atoms with E-state index in [2.05, 4.69) is 9.88 Å². The average molecular weight is 292 g/mol. The van der Waals surface area contributed by atoms with E-state index in [0.29, 0.717) is 10.0 Å². The zero-order valence-electron chi connectivity index (χ0n) is 10.5. The lowest BCUT2D eigenvalue weighted by molar-refractivity contribution is 0.918. The third-order valence-electron chi connectivity index (χ3n) is 2.82. The zero-order valence-corrected chi connectivity index (χ0v) is 12.1. The predicted molar refractivity (Wildman–Crippen MR) is 83.7 cm³/mol. The van der Waals surface area contributed by atoms with Crippen LogP contribution in [0.2, 0.25) is 5.02 Å². The molecule has 0 saturated carbocycles. The molecule has 0 saturated heterocycles. The Balaban J connectivity index is 2.31. The Bertz CT molecular complexity index is 586. The van der Waals surface area contributed by atoms with Crippen LogP contribution >= 0.6 is 23.8 Å². The van der Waals surface area contributed by atoms with E-state index < -0.39 is 0 Å². The molecule has 1 aromatic heterocycles. The molecule has 1 heterocycles. The van der Waals surface area contributed by atoms with Gasteiger partial charge in [0, 0.05) is 31.7 Å². The molecule has 2 aromatic rings. The molecular formula is C14H14ClN3S. The Morgan fingerprint density at radius 1 is 1.32 bits per heavy atom. The minimum Gasteiger partial charge on any atom is -0.389 e. The number of hydrogen-bond acceptors (Lipinski definition) is 3. The second-order valence-corrected chi connectivity index (χ2v) is 5.06. The van der Waals surface area contributed by atoms with Crippen LogP contribution in [-0.4, -0.2) is 17.0 Å². The smallest absolute Gasteiger partial charge is 0.107 e. The van der Waals surface area contributed by atoms with Crippen molar-refractivity contribution in [3.8, 4) is 0 Å². The number of nitrogens with two attached hydrogens (primary N) is 1. The highest BCUT2D eigenvalue weighted by Gasteiger charge is 2.13. The van der Waals surface area contributed by atoms with Crippen LogP contribution in [0.25, 0.3) is 0 Å². The van der Waals surface area contributed by atoms with Crippen molar-refractivity contribution in [3.05, 3.63) is 58.9 Å². The summed E-state index contributed by atoms with van der Waals surface area (Å²) in [6.07, 6.45) is 3.55. The highest BCUT2D eigenvalue weighted by Crippen LogP contribution is 2.27. The molecule has 0 aliphatic rings. The van der Waals surface area contributed by atoms with Gasteiger partial charge < -0.3 is 10.6 Å². The highest BCUT2D eigenvalue weighted by atomic mass is 35.5. The number of benzene rings is 1. The van der Waals surface area contributed by atoms with Crippen molar-refractivity contribution >= 4 is 34.5 Å². The fourth-order valence-electron chi connectivity index (χ4n) is 1.92. The summed E-state index contributed by atoms with van der Waals surface area (Å²) in [5.74, 6) is 0. The van der Waals surface area contributed by atoms with Crippen LogP contribution in [0.4, 0.5) is 5.69 Å². The Kier molecular flexibility index (Phi) is 4.35. The molecule has 0 bridgehead atoms. The highest BCUT2D eigenvalue weighted by molar-refractivity contribution is 7.80. The van der Waals surface area contributed by atoms with Gasteiger partial charge in [0.05, 0.1) is 10.6 Å². The van der Waals surface area contributed by atoms with Crippen molar-refractivity contribution in [2.75, 3.05) is 11.9 Å². The monoisotopic (exact) mass is 291 g/mol. The van der Waals surface area contributed by atoms with Gasteiger partial charge in [0.15, 0.2) is 0 Å². The van der Waals surface area contributed by atoms with Gasteiger partial charge in [-0.15, -0.1) is 0 Å². The number of nitrogens with zero attached hydrogens (tertiary/aromatic N) is 2. The van der Waals surface area contributed by atoms with Gasteiger partial charge in [-0.2, -0.15) is 0 Å². The molecule has 0 unspecified atom stereocenters. The molecule has 3 nitrogen and oxygen atoms in total. The summed E-state index contributed by atoms with van der Waals surface area (Å²) in [4.78, 5) is 6.38. The van der Waals surface area contributed by atoms with E-state index >= 15 is 0 Å². The third-order valence-corrected chi connectivity index (χ3v) is 3.34. The maximum absolute atomic E-state index is 6.17. The first-order valence-electron chi connectivity index (χ1n) is 5.78. The molecule has 0 radical (unpaired) electrons. The van der Waals surface area contributed by atoms with Crippen LogP contribution in [-0.2, 0) is 6.54 Å². The first-order valence-corrected chi connectivity index (χ1v) is 6.56. The Hall–Kier alpha value is -1.65. The van der Waals surface area contributed by atoms with Crippen LogP contribution < -0.4 is 10.6 Å². The summed E-state index contributed by atoms with van der Waals surface area (Å²) in [5, 5.41) is 0.576. The van der Waals surface area contributed by atoms with Crippen LogP contribution in [0.15, 0.2) is 42.7 Å². The normalized spacial score (nSPS) is 10.2. The second-order valence-electron chi connectivity index (χ2n) is 4.21. The minimum atomic E-state index is 0.308. The summed E-state index contributed by atoms with van der Waals surface area (Å²) >= 11 is 11.2. The lowest BCUT2D eigenvalue weighted by Gasteiger charge is -2.22. The van der Waals surface area contributed by atoms with E-state index in [9.17, 15) is 0 Å². The Labute approximate surface area is 123 Å². The van der Waals surface area contributed by atoms with E-state index in [1.165, 1.54) is 0 Å². The molecule has 0 atom stereocenters. The molecule has 5 heteroatoms. The Morgan fingerprint density at radius 2 is 2.00 bits per heavy atom. The number of aromatic nitrogens is 1. The van der Waals surface area contributed by atoms with E-state index in [1.54, 1.807) is 18.5 Å². The summed E-state index contributed by atoms with van der Waals surface area (Å²) in [6.45, 7) is 0.735. The number of hydrogen-bond donors (Lipinski definition) is 1. The van der Waals surface area contributed by atoms with E-state index in [1.807, 2.05) is 31.3 Å².